The summed E-state index contributed by atoms with van der Waals surface area (Å²) in [5.41, 5.74) is 0. The van der Waals surface area contributed by atoms with E-state index < -0.39 is 10.0 Å². The highest BCUT2D eigenvalue weighted by Gasteiger charge is 2.16. The molecule has 0 spiro atoms. The Kier molecular flexibility index (Phi) is 4.03. The fourth-order valence-electron chi connectivity index (χ4n) is 1.05. The highest BCUT2D eigenvalue weighted by Crippen LogP contribution is 2.17. The van der Waals surface area contributed by atoms with Crippen molar-refractivity contribution in [1.29, 1.82) is 0 Å². The van der Waals surface area contributed by atoms with Crippen LogP contribution in [0.25, 0.3) is 0 Å². The molecule has 0 unspecified atom stereocenters. The molecule has 5 nitrogen and oxygen atoms in total. The van der Waals surface area contributed by atoms with Crippen molar-refractivity contribution in [2.75, 3.05) is 20.7 Å². The van der Waals surface area contributed by atoms with Crippen LogP contribution in [0.15, 0.2) is 29.2 Å². The standard InChI is InChI=1S/C10H13NO4S/c1-11(2)16(13,14)10-5-3-9(4-6-10)15-8-7-12/h3-7H,8H2,1-2H3. The van der Waals surface area contributed by atoms with Crippen molar-refractivity contribution >= 4 is 16.3 Å². The third-order valence-electron chi connectivity index (χ3n) is 1.92. The van der Waals surface area contributed by atoms with E-state index in [9.17, 15) is 13.2 Å². The van der Waals surface area contributed by atoms with Crippen molar-refractivity contribution in [1.82, 2.24) is 4.31 Å². The van der Waals surface area contributed by atoms with E-state index in [1.807, 2.05) is 0 Å². The summed E-state index contributed by atoms with van der Waals surface area (Å²) >= 11 is 0. The molecule has 16 heavy (non-hydrogen) atoms. The first-order valence-electron chi connectivity index (χ1n) is 4.57. The highest BCUT2D eigenvalue weighted by molar-refractivity contribution is 7.89. The molecule has 0 aliphatic rings. The molecule has 0 aliphatic carbocycles. The number of ether oxygens (including phenoxy) is 1. The minimum atomic E-state index is -3.41. The van der Waals surface area contributed by atoms with E-state index in [4.69, 9.17) is 4.74 Å². The summed E-state index contributed by atoms with van der Waals surface area (Å²) < 4.78 is 29.5. The Morgan fingerprint density at radius 1 is 1.25 bits per heavy atom. The molecule has 0 saturated carbocycles. The predicted molar refractivity (Wildman–Crippen MR) is 58.9 cm³/mol. The van der Waals surface area contributed by atoms with Crippen LogP contribution in [0.3, 0.4) is 0 Å². The summed E-state index contributed by atoms with van der Waals surface area (Å²) in [5.74, 6) is 0.463. The Hall–Kier alpha value is -1.40. The molecule has 1 rings (SSSR count). The Morgan fingerprint density at radius 3 is 2.25 bits per heavy atom. The lowest BCUT2D eigenvalue weighted by atomic mass is 10.3. The fourth-order valence-corrected chi connectivity index (χ4v) is 1.95. The van der Waals surface area contributed by atoms with Gasteiger partial charge in [0, 0.05) is 14.1 Å². The van der Waals surface area contributed by atoms with E-state index in [1.54, 1.807) is 0 Å². The van der Waals surface area contributed by atoms with Gasteiger partial charge in [0.05, 0.1) is 4.90 Å². The van der Waals surface area contributed by atoms with Crippen LogP contribution in [-0.2, 0) is 14.8 Å². The van der Waals surface area contributed by atoms with Crippen LogP contribution >= 0.6 is 0 Å². The summed E-state index contributed by atoms with van der Waals surface area (Å²) in [6, 6.07) is 5.91. The average Bonchev–Trinajstić information content (AvgIpc) is 2.26. The summed E-state index contributed by atoms with van der Waals surface area (Å²) in [6.45, 7) is -0.0419. The van der Waals surface area contributed by atoms with Gasteiger partial charge in [0.25, 0.3) is 0 Å². The van der Waals surface area contributed by atoms with Crippen LogP contribution in [0.5, 0.6) is 5.75 Å². The lowest BCUT2D eigenvalue weighted by molar-refractivity contribution is -0.109. The summed E-state index contributed by atoms with van der Waals surface area (Å²) in [7, 11) is -0.477. The monoisotopic (exact) mass is 243 g/mol. The van der Waals surface area contributed by atoms with Gasteiger partial charge in [-0.05, 0) is 24.3 Å². The molecule has 0 heterocycles. The van der Waals surface area contributed by atoms with E-state index in [0.29, 0.717) is 12.0 Å². The molecule has 0 atom stereocenters. The van der Waals surface area contributed by atoms with Crippen LogP contribution in [0, 0.1) is 0 Å². The van der Waals surface area contributed by atoms with Gasteiger partial charge in [-0.2, -0.15) is 0 Å². The van der Waals surface area contributed by atoms with Crippen LogP contribution in [0.4, 0.5) is 0 Å². The number of hydrogen-bond acceptors (Lipinski definition) is 4. The van der Waals surface area contributed by atoms with Gasteiger partial charge >= 0.3 is 0 Å². The van der Waals surface area contributed by atoms with Crippen molar-refractivity contribution in [3.63, 3.8) is 0 Å². The topological polar surface area (TPSA) is 63.7 Å². The molecule has 0 amide bonds. The SMILES string of the molecule is CN(C)S(=O)(=O)c1ccc(OCC=O)cc1. The molecule has 6 heteroatoms. The second-order valence-electron chi connectivity index (χ2n) is 3.24. The Bertz CT molecular complexity index is 450. The zero-order valence-corrected chi connectivity index (χ0v) is 9.90. The Morgan fingerprint density at radius 2 is 1.81 bits per heavy atom. The van der Waals surface area contributed by atoms with Crippen molar-refractivity contribution in [3.05, 3.63) is 24.3 Å². The first-order chi connectivity index (χ1) is 7.48. The maximum Gasteiger partial charge on any atom is 0.242 e. The first-order valence-corrected chi connectivity index (χ1v) is 6.01. The van der Waals surface area contributed by atoms with Crippen LogP contribution in [-0.4, -0.2) is 39.7 Å². The van der Waals surface area contributed by atoms with Crippen molar-refractivity contribution in [2.24, 2.45) is 0 Å². The number of sulfonamides is 1. The van der Waals surface area contributed by atoms with E-state index in [0.717, 1.165) is 4.31 Å². The summed E-state index contributed by atoms with van der Waals surface area (Å²) in [5, 5.41) is 0. The normalized spacial score (nSPS) is 11.4. The lowest BCUT2D eigenvalue weighted by Gasteiger charge is -2.11. The largest absolute Gasteiger partial charge is 0.486 e. The molecule has 88 valence electrons. The maximum atomic E-state index is 11.7. The highest BCUT2D eigenvalue weighted by atomic mass is 32.2. The van der Waals surface area contributed by atoms with Gasteiger partial charge in [-0.1, -0.05) is 0 Å². The Labute approximate surface area is 94.7 Å². The number of benzene rings is 1. The fraction of sp³-hybridized carbons (Fsp3) is 0.300. The Balaban J connectivity index is 2.91. The van der Waals surface area contributed by atoms with Gasteiger partial charge in [0.15, 0.2) is 6.29 Å². The second-order valence-corrected chi connectivity index (χ2v) is 5.39. The average molecular weight is 243 g/mol. The molecule has 0 radical (unpaired) electrons. The molecule has 0 fully saturated rings. The third kappa shape index (κ3) is 2.80. The number of carbonyl (C=O) groups excluding carboxylic acids is 1. The van der Waals surface area contributed by atoms with Gasteiger partial charge in [-0.25, -0.2) is 12.7 Å². The predicted octanol–water partition coefficient (Wildman–Crippen LogP) is 0.515. The van der Waals surface area contributed by atoms with Crippen molar-refractivity contribution in [2.45, 2.75) is 4.90 Å². The minimum Gasteiger partial charge on any atom is -0.486 e. The second kappa shape index (κ2) is 5.09. The van der Waals surface area contributed by atoms with Gasteiger partial charge in [-0.3, -0.25) is 4.79 Å². The summed E-state index contributed by atoms with van der Waals surface area (Å²) in [4.78, 5) is 10.3. The molecular formula is C10H13NO4S. The molecule has 1 aromatic rings. The number of carbonyl (C=O) groups is 1. The zero-order chi connectivity index (χ0) is 12.2. The van der Waals surface area contributed by atoms with Gasteiger partial charge < -0.3 is 4.74 Å². The molecule has 0 saturated heterocycles. The number of aldehydes is 1. The van der Waals surface area contributed by atoms with Crippen LogP contribution in [0.1, 0.15) is 0 Å². The van der Waals surface area contributed by atoms with E-state index >= 15 is 0 Å². The zero-order valence-electron chi connectivity index (χ0n) is 9.08. The maximum absolute atomic E-state index is 11.7. The molecule has 0 aromatic heterocycles. The molecular weight excluding hydrogens is 230 g/mol. The van der Waals surface area contributed by atoms with Crippen molar-refractivity contribution < 1.29 is 17.9 Å². The molecule has 0 aliphatic heterocycles. The van der Waals surface area contributed by atoms with Gasteiger partial charge in [0.2, 0.25) is 10.0 Å². The lowest BCUT2D eigenvalue weighted by Crippen LogP contribution is -2.22. The van der Waals surface area contributed by atoms with Gasteiger partial charge in [-0.15, -0.1) is 0 Å². The number of rotatable bonds is 5. The molecule has 1 aromatic carbocycles. The van der Waals surface area contributed by atoms with E-state index in [-0.39, 0.29) is 11.5 Å². The molecule has 0 N–H and O–H groups in total. The van der Waals surface area contributed by atoms with Crippen molar-refractivity contribution in [3.8, 4) is 5.75 Å². The van der Waals surface area contributed by atoms with E-state index in [2.05, 4.69) is 0 Å². The number of hydrogen-bond donors (Lipinski definition) is 0. The molecule has 0 bridgehead atoms. The summed E-state index contributed by atoms with van der Waals surface area (Å²) in [6.07, 6.45) is 0.629. The van der Waals surface area contributed by atoms with Crippen LogP contribution < -0.4 is 4.74 Å². The number of nitrogens with zero attached hydrogens (tertiary/aromatic N) is 1. The third-order valence-corrected chi connectivity index (χ3v) is 3.75. The minimum absolute atomic E-state index is 0.0419. The van der Waals surface area contributed by atoms with E-state index in [1.165, 1.54) is 38.4 Å². The first kappa shape index (κ1) is 12.7. The smallest absolute Gasteiger partial charge is 0.242 e. The quantitative estimate of drug-likeness (QED) is 0.707. The van der Waals surface area contributed by atoms with Crippen LogP contribution in [0.2, 0.25) is 0 Å². The van der Waals surface area contributed by atoms with Gasteiger partial charge in [0.1, 0.15) is 12.4 Å².